The minimum atomic E-state index is -0.264. The number of rotatable bonds is 7. The summed E-state index contributed by atoms with van der Waals surface area (Å²) in [6.07, 6.45) is 0. The van der Waals surface area contributed by atoms with Gasteiger partial charge >= 0.3 is 0 Å². The van der Waals surface area contributed by atoms with Crippen LogP contribution in [-0.2, 0) is 5.41 Å². The third-order valence-corrected chi connectivity index (χ3v) is 12.6. The number of nitrogens with zero attached hydrogens (tertiary/aromatic N) is 2. The van der Waals surface area contributed by atoms with Gasteiger partial charge in [0.25, 0.3) is 0 Å². The van der Waals surface area contributed by atoms with E-state index in [4.69, 9.17) is 0 Å². The molecule has 1 heterocycles. The van der Waals surface area contributed by atoms with Gasteiger partial charge in [-0.3, -0.25) is 0 Å². The van der Waals surface area contributed by atoms with E-state index in [2.05, 4.69) is 254 Å². The van der Waals surface area contributed by atoms with E-state index in [0.717, 1.165) is 22.7 Å². The van der Waals surface area contributed by atoms with Gasteiger partial charge in [0.15, 0.2) is 0 Å². The topological polar surface area (TPSA) is 6.48 Å². The fourth-order valence-corrected chi connectivity index (χ4v) is 9.45. The minimum absolute atomic E-state index is 0.264. The lowest BCUT2D eigenvalue weighted by atomic mass is 9.72. The molecule has 0 N–H and O–H groups in total. The number of hydrogen-bond acceptors (Lipinski definition) is 2. The van der Waals surface area contributed by atoms with Crippen LogP contribution in [0.3, 0.4) is 0 Å². The van der Waals surface area contributed by atoms with E-state index in [1.165, 1.54) is 77.4 Å². The molecule has 0 aliphatic carbocycles. The first-order chi connectivity index (χ1) is 30.0. The maximum absolute atomic E-state index is 2.54. The van der Waals surface area contributed by atoms with E-state index in [9.17, 15) is 0 Å². The second-order valence-corrected chi connectivity index (χ2v) is 16.6. The van der Waals surface area contributed by atoms with Crippen molar-refractivity contribution in [3.63, 3.8) is 0 Å². The third-order valence-electron chi connectivity index (χ3n) is 12.6. The highest BCUT2D eigenvalue weighted by atomic mass is 15.2. The molecule has 1 aliphatic heterocycles. The van der Waals surface area contributed by atoms with Crippen LogP contribution in [0.2, 0.25) is 0 Å². The van der Waals surface area contributed by atoms with E-state index < -0.39 is 0 Å². The van der Waals surface area contributed by atoms with E-state index in [1.54, 1.807) is 0 Å². The van der Waals surface area contributed by atoms with Crippen LogP contribution >= 0.6 is 0 Å². The Balaban J connectivity index is 1.15. The zero-order chi connectivity index (χ0) is 40.9. The highest BCUT2D eigenvalue weighted by Gasteiger charge is 2.39. The summed E-state index contributed by atoms with van der Waals surface area (Å²) in [7, 11) is 0. The van der Waals surface area contributed by atoms with Crippen LogP contribution in [-0.4, -0.2) is 0 Å². The van der Waals surface area contributed by atoms with Crippen molar-refractivity contribution in [1.29, 1.82) is 0 Å². The summed E-state index contributed by atoms with van der Waals surface area (Å²) in [6, 6.07) is 84.3. The average molecular weight is 781 g/mol. The molecular formula is C59H44N2. The van der Waals surface area contributed by atoms with Gasteiger partial charge < -0.3 is 9.80 Å². The molecule has 0 aromatic heterocycles. The summed E-state index contributed by atoms with van der Waals surface area (Å²) < 4.78 is 0. The van der Waals surface area contributed by atoms with Crippen molar-refractivity contribution in [1.82, 2.24) is 0 Å². The van der Waals surface area contributed by atoms with Crippen molar-refractivity contribution in [3.05, 3.63) is 242 Å². The summed E-state index contributed by atoms with van der Waals surface area (Å²) in [5, 5.41) is 4.88. The molecule has 0 spiro atoms. The normalized spacial score (nSPS) is 12.9. The van der Waals surface area contributed by atoms with Gasteiger partial charge in [-0.25, -0.2) is 0 Å². The number of anilines is 6. The second-order valence-electron chi connectivity index (χ2n) is 16.6. The highest BCUT2D eigenvalue weighted by Crippen LogP contribution is 2.57. The van der Waals surface area contributed by atoms with Crippen LogP contribution in [0.1, 0.15) is 25.0 Å². The zero-order valence-electron chi connectivity index (χ0n) is 34.3. The summed E-state index contributed by atoms with van der Waals surface area (Å²) in [6.45, 7) is 4.76. The Labute approximate surface area is 358 Å². The van der Waals surface area contributed by atoms with Crippen molar-refractivity contribution < 1.29 is 0 Å². The Morgan fingerprint density at radius 3 is 1.49 bits per heavy atom. The molecule has 0 saturated heterocycles. The maximum Gasteiger partial charge on any atom is 0.0781 e. The average Bonchev–Trinajstić information content (AvgIpc) is 3.33. The van der Waals surface area contributed by atoms with Gasteiger partial charge in [0.2, 0.25) is 0 Å². The predicted octanol–water partition coefficient (Wildman–Crippen LogP) is 16.6. The first-order valence-corrected chi connectivity index (χ1v) is 21.2. The standard InChI is InChI=1S/C59H44N2/c1-59(2)53-23-13-14-24-55(53)61(56-37-32-49(40-54(56)59)48-26-25-43-19-9-10-21-47(43)39-48)58-52-22-12-11-20-46(52)31-38-57(58)60(50-33-27-44(28-34-50)41-15-5-3-6-16-41)51-35-29-45(30-36-51)42-17-7-4-8-18-42/h3-40H,1-2H3. The third kappa shape index (κ3) is 6.36. The van der Waals surface area contributed by atoms with E-state index in [-0.39, 0.29) is 5.41 Å². The number of benzene rings is 10. The summed E-state index contributed by atoms with van der Waals surface area (Å²) in [5.74, 6) is 0. The van der Waals surface area contributed by atoms with E-state index >= 15 is 0 Å². The van der Waals surface area contributed by atoms with E-state index in [1.807, 2.05) is 0 Å². The second kappa shape index (κ2) is 14.9. The first-order valence-electron chi connectivity index (χ1n) is 21.2. The van der Waals surface area contributed by atoms with Gasteiger partial charge in [-0.05, 0) is 115 Å². The van der Waals surface area contributed by atoms with Crippen molar-refractivity contribution >= 4 is 55.7 Å². The fourth-order valence-electron chi connectivity index (χ4n) is 9.45. The number of fused-ring (bicyclic) bond motifs is 4. The quantitative estimate of drug-likeness (QED) is 0.159. The summed E-state index contributed by atoms with van der Waals surface area (Å²) in [5.41, 5.74) is 16.3. The first kappa shape index (κ1) is 36.4. The molecule has 290 valence electrons. The van der Waals surface area contributed by atoms with Gasteiger partial charge in [-0.2, -0.15) is 0 Å². The lowest BCUT2D eigenvalue weighted by molar-refractivity contribution is 0.632. The predicted molar refractivity (Wildman–Crippen MR) is 259 cm³/mol. The van der Waals surface area contributed by atoms with Crippen LogP contribution in [0.4, 0.5) is 34.1 Å². The van der Waals surface area contributed by atoms with Crippen LogP contribution in [0, 0.1) is 0 Å². The number of para-hydroxylation sites is 1. The number of hydrogen-bond donors (Lipinski definition) is 0. The van der Waals surface area contributed by atoms with Crippen LogP contribution < -0.4 is 9.80 Å². The Kier molecular flexibility index (Phi) is 8.86. The highest BCUT2D eigenvalue weighted by molar-refractivity contribution is 6.08. The molecule has 10 aromatic carbocycles. The molecule has 0 unspecified atom stereocenters. The summed E-state index contributed by atoms with van der Waals surface area (Å²) >= 11 is 0. The molecule has 10 aromatic rings. The monoisotopic (exact) mass is 780 g/mol. The molecule has 1 aliphatic rings. The Bertz CT molecular complexity index is 3120. The minimum Gasteiger partial charge on any atom is -0.308 e. The molecule has 11 rings (SSSR count). The van der Waals surface area contributed by atoms with Gasteiger partial charge in [-0.1, -0.05) is 190 Å². The summed E-state index contributed by atoms with van der Waals surface area (Å²) in [4.78, 5) is 4.98. The smallest absolute Gasteiger partial charge is 0.0781 e. The van der Waals surface area contributed by atoms with E-state index in [0.29, 0.717) is 0 Å². The molecule has 0 amide bonds. The molecule has 0 saturated carbocycles. The molecular weight excluding hydrogens is 737 g/mol. The molecule has 0 bridgehead atoms. The van der Waals surface area contributed by atoms with Crippen LogP contribution in [0.25, 0.3) is 54.9 Å². The Hall–Kier alpha value is -7.68. The lowest BCUT2D eigenvalue weighted by Crippen LogP contribution is -2.31. The van der Waals surface area contributed by atoms with Crippen LogP contribution in [0.15, 0.2) is 231 Å². The van der Waals surface area contributed by atoms with Crippen molar-refractivity contribution in [2.75, 3.05) is 9.80 Å². The van der Waals surface area contributed by atoms with Crippen molar-refractivity contribution in [3.8, 4) is 33.4 Å². The van der Waals surface area contributed by atoms with Gasteiger partial charge in [-0.15, -0.1) is 0 Å². The Morgan fingerprint density at radius 1 is 0.344 bits per heavy atom. The molecule has 0 atom stereocenters. The van der Waals surface area contributed by atoms with Crippen molar-refractivity contribution in [2.45, 2.75) is 19.3 Å². The molecule has 2 heteroatoms. The van der Waals surface area contributed by atoms with Gasteiger partial charge in [0, 0.05) is 22.2 Å². The van der Waals surface area contributed by atoms with Gasteiger partial charge in [0.05, 0.1) is 22.7 Å². The molecule has 2 nitrogen and oxygen atoms in total. The van der Waals surface area contributed by atoms with Crippen LogP contribution in [0.5, 0.6) is 0 Å². The van der Waals surface area contributed by atoms with Gasteiger partial charge in [0.1, 0.15) is 0 Å². The molecule has 61 heavy (non-hydrogen) atoms. The zero-order valence-corrected chi connectivity index (χ0v) is 34.3. The molecule has 0 radical (unpaired) electrons. The van der Waals surface area contributed by atoms with Crippen molar-refractivity contribution in [2.24, 2.45) is 0 Å². The SMILES string of the molecule is CC1(C)c2ccccc2N(c2c(N(c3ccc(-c4ccccc4)cc3)c3ccc(-c4ccccc4)cc3)ccc3ccccc23)c2ccc(-c3ccc4ccccc4c3)cc21. The Morgan fingerprint density at radius 2 is 0.820 bits per heavy atom. The lowest BCUT2D eigenvalue weighted by Gasteiger charge is -2.44. The largest absolute Gasteiger partial charge is 0.308 e. The maximum atomic E-state index is 2.54. The molecule has 0 fully saturated rings. The fraction of sp³-hybridized carbons (Fsp3) is 0.0508.